The van der Waals surface area contributed by atoms with Crippen molar-refractivity contribution < 1.29 is 28.5 Å². The zero-order valence-electron chi connectivity index (χ0n) is 18.4. The van der Waals surface area contributed by atoms with Crippen LogP contribution in [0, 0.1) is 11.8 Å². The van der Waals surface area contributed by atoms with Crippen molar-refractivity contribution in [3.05, 3.63) is 0 Å². The predicted octanol–water partition coefficient (Wildman–Crippen LogP) is 1.86. The maximum absolute atomic E-state index is 12.3. The lowest BCUT2D eigenvalue weighted by Gasteiger charge is -2.19. The zero-order chi connectivity index (χ0) is 21.5. The van der Waals surface area contributed by atoms with Gasteiger partial charge in [0.1, 0.15) is 18.7 Å². The number of nitrogens with one attached hydrogen (secondary N) is 1. The molecule has 1 N–H and O–H groups in total. The summed E-state index contributed by atoms with van der Waals surface area (Å²) in [6.45, 7) is 13.8. The number of methoxy groups -OCH3 is 1. The molecule has 0 rings (SSSR count). The van der Waals surface area contributed by atoms with Gasteiger partial charge >= 0.3 is 5.97 Å². The van der Waals surface area contributed by atoms with Gasteiger partial charge < -0.3 is 24.3 Å². The van der Waals surface area contributed by atoms with Gasteiger partial charge in [0.05, 0.1) is 33.0 Å². The second kappa shape index (κ2) is 15.4. The Kier molecular flexibility index (Phi) is 14.6. The minimum atomic E-state index is -0.746. The lowest BCUT2D eigenvalue weighted by molar-refractivity contribution is -0.149. The van der Waals surface area contributed by atoms with Gasteiger partial charge in [-0.1, -0.05) is 27.7 Å². The average Bonchev–Trinajstić information content (AvgIpc) is 2.63. The summed E-state index contributed by atoms with van der Waals surface area (Å²) in [7, 11) is 1.61. The second-order valence-corrected chi connectivity index (χ2v) is 7.15. The molecule has 0 bridgehead atoms. The molecule has 0 heterocycles. The molecular weight excluding hydrogens is 364 g/mol. The molecule has 0 aliphatic heterocycles. The Balaban J connectivity index is 4.13. The molecule has 28 heavy (non-hydrogen) atoms. The highest BCUT2D eigenvalue weighted by molar-refractivity contribution is 5.92. The summed E-state index contributed by atoms with van der Waals surface area (Å²) in [6, 6.07) is -1.31. The van der Waals surface area contributed by atoms with Gasteiger partial charge in [-0.05, 0) is 25.7 Å². The number of carbonyl (C=O) groups excluding carboxylic acids is 2. The van der Waals surface area contributed by atoms with Gasteiger partial charge in [0.2, 0.25) is 5.91 Å². The van der Waals surface area contributed by atoms with E-state index >= 15 is 0 Å². The molecule has 8 heteroatoms. The lowest BCUT2D eigenvalue weighted by Crippen LogP contribution is -2.44. The molecule has 0 aromatic carbocycles. The topological polar surface area (TPSA) is 95.5 Å². The normalized spacial score (nSPS) is 13.3. The summed E-state index contributed by atoms with van der Waals surface area (Å²) in [5.74, 6) is -0.267. The number of hydrogen-bond donors (Lipinski definition) is 1. The molecule has 0 aromatic heterocycles. The van der Waals surface area contributed by atoms with Crippen molar-refractivity contribution in [3.8, 4) is 0 Å². The van der Waals surface area contributed by atoms with E-state index in [0.29, 0.717) is 26.4 Å². The van der Waals surface area contributed by atoms with Crippen LogP contribution < -0.4 is 5.32 Å². The smallest absolute Gasteiger partial charge is 0.328 e. The van der Waals surface area contributed by atoms with E-state index in [0.717, 1.165) is 5.71 Å². The molecule has 0 fully saturated rings. The molecule has 0 saturated carbocycles. The Hall–Kier alpha value is -1.51. The molecule has 8 nitrogen and oxygen atoms in total. The third-order valence-corrected chi connectivity index (χ3v) is 3.89. The summed E-state index contributed by atoms with van der Waals surface area (Å²) in [5.41, 5.74) is 0.987. The first-order chi connectivity index (χ1) is 13.2. The highest BCUT2D eigenvalue weighted by Crippen LogP contribution is 2.10. The molecule has 164 valence electrons. The summed E-state index contributed by atoms with van der Waals surface area (Å²) in [4.78, 5) is 28.8. The highest BCUT2D eigenvalue weighted by atomic mass is 16.6. The largest absolute Gasteiger partial charge is 0.462 e. The Bertz CT molecular complexity index is 469. The molecule has 0 saturated heterocycles. The highest BCUT2D eigenvalue weighted by Gasteiger charge is 2.21. The standard InChI is InChI=1S/C20H38N2O6/c1-14(2)18(15(3)4)21-16(5)19(23)22-17(6)20(24)28-13-12-27-11-10-26-9-8-25-7/h14-17H,8-13H2,1-7H3,(H,22,23)/t16-,17+/m0/s1. The number of ether oxygens (including phenoxy) is 4. The molecule has 0 aliphatic rings. The van der Waals surface area contributed by atoms with E-state index in [1.807, 2.05) is 0 Å². The number of carbonyl (C=O) groups is 2. The van der Waals surface area contributed by atoms with Crippen LogP contribution in [0.5, 0.6) is 0 Å². The van der Waals surface area contributed by atoms with Crippen molar-refractivity contribution in [2.45, 2.75) is 53.6 Å². The van der Waals surface area contributed by atoms with Crippen LogP contribution in [-0.4, -0.2) is 76.4 Å². The summed E-state index contributed by atoms with van der Waals surface area (Å²) in [6.07, 6.45) is 0. The number of nitrogens with zero attached hydrogens (tertiary/aromatic N) is 1. The van der Waals surface area contributed by atoms with Gasteiger partial charge in [-0.2, -0.15) is 0 Å². The minimum absolute atomic E-state index is 0.121. The Morgan fingerprint density at radius 1 is 0.821 bits per heavy atom. The quantitative estimate of drug-likeness (QED) is 0.255. The number of rotatable bonds is 15. The number of amides is 1. The Labute approximate surface area is 169 Å². The average molecular weight is 403 g/mol. The van der Waals surface area contributed by atoms with E-state index in [2.05, 4.69) is 38.0 Å². The fourth-order valence-corrected chi connectivity index (χ4v) is 2.43. The molecular formula is C20H38N2O6. The maximum atomic E-state index is 12.3. The van der Waals surface area contributed by atoms with Crippen molar-refractivity contribution in [2.24, 2.45) is 16.8 Å². The number of hydrogen-bond acceptors (Lipinski definition) is 7. The van der Waals surface area contributed by atoms with Crippen molar-refractivity contribution in [2.75, 3.05) is 46.8 Å². The van der Waals surface area contributed by atoms with Gasteiger partial charge in [0, 0.05) is 12.8 Å². The van der Waals surface area contributed by atoms with E-state index in [4.69, 9.17) is 18.9 Å². The summed E-state index contributed by atoms with van der Waals surface area (Å²) < 4.78 is 20.5. The first-order valence-electron chi connectivity index (χ1n) is 9.89. The molecule has 0 aromatic rings. The van der Waals surface area contributed by atoms with E-state index < -0.39 is 18.1 Å². The van der Waals surface area contributed by atoms with Gasteiger partial charge in [-0.15, -0.1) is 0 Å². The third-order valence-electron chi connectivity index (χ3n) is 3.89. The third kappa shape index (κ3) is 12.0. The van der Waals surface area contributed by atoms with Crippen molar-refractivity contribution in [1.82, 2.24) is 5.32 Å². The van der Waals surface area contributed by atoms with E-state index in [1.165, 1.54) is 0 Å². The number of aliphatic imine (C=N–C) groups is 1. The fourth-order valence-electron chi connectivity index (χ4n) is 2.43. The van der Waals surface area contributed by atoms with Crippen molar-refractivity contribution >= 4 is 17.6 Å². The van der Waals surface area contributed by atoms with E-state index in [-0.39, 0.29) is 31.0 Å². The van der Waals surface area contributed by atoms with Crippen LogP contribution in [0.2, 0.25) is 0 Å². The van der Waals surface area contributed by atoms with Crippen LogP contribution in [0.3, 0.4) is 0 Å². The molecule has 1 amide bonds. The number of esters is 1. The van der Waals surface area contributed by atoms with Crippen molar-refractivity contribution in [3.63, 3.8) is 0 Å². The lowest BCUT2D eigenvalue weighted by atomic mass is 9.97. The minimum Gasteiger partial charge on any atom is -0.462 e. The van der Waals surface area contributed by atoms with Gasteiger partial charge in [0.25, 0.3) is 0 Å². The Morgan fingerprint density at radius 3 is 1.82 bits per heavy atom. The zero-order valence-corrected chi connectivity index (χ0v) is 18.4. The summed E-state index contributed by atoms with van der Waals surface area (Å²) in [5, 5.41) is 2.65. The summed E-state index contributed by atoms with van der Waals surface area (Å²) >= 11 is 0. The molecule has 0 radical (unpaired) electrons. The van der Waals surface area contributed by atoms with Gasteiger partial charge in [-0.3, -0.25) is 9.79 Å². The van der Waals surface area contributed by atoms with Crippen LogP contribution in [0.4, 0.5) is 0 Å². The molecule has 2 atom stereocenters. The van der Waals surface area contributed by atoms with Crippen LogP contribution in [0.15, 0.2) is 4.99 Å². The van der Waals surface area contributed by atoms with E-state index in [9.17, 15) is 9.59 Å². The van der Waals surface area contributed by atoms with Gasteiger partial charge in [-0.25, -0.2) is 4.79 Å². The van der Waals surface area contributed by atoms with Crippen molar-refractivity contribution in [1.29, 1.82) is 0 Å². The first kappa shape index (κ1) is 26.5. The molecule has 0 spiro atoms. The fraction of sp³-hybridized carbons (Fsp3) is 0.850. The van der Waals surface area contributed by atoms with Crippen LogP contribution in [0.25, 0.3) is 0 Å². The SMILES string of the molecule is COCCOCCOCCOC(=O)[C@@H](C)NC(=O)[C@H](C)N=C(C(C)C)C(C)C. The monoisotopic (exact) mass is 402 g/mol. The van der Waals surface area contributed by atoms with E-state index in [1.54, 1.807) is 21.0 Å². The maximum Gasteiger partial charge on any atom is 0.328 e. The Morgan fingerprint density at radius 2 is 1.32 bits per heavy atom. The van der Waals surface area contributed by atoms with Gasteiger partial charge in [0.15, 0.2) is 0 Å². The predicted molar refractivity (Wildman–Crippen MR) is 109 cm³/mol. The molecule has 0 aliphatic carbocycles. The second-order valence-electron chi connectivity index (χ2n) is 7.15. The van der Waals surface area contributed by atoms with Crippen LogP contribution in [0.1, 0.15) is 41.5 Å². The molecule has 0 unspecified atom stereocenters. The van der Waals surface area contributed by atoms with Crippen LogP contribution in [-0.2, 0) is 28.5 Å². The van der Waals surface area contributed by atoms with Crippen LogP contribution >= 0.6 is 0 Å². The first-order valence-corrected chi connectivity index (χ1v) is 9.89.